The van der Waals surface area contributed by atoms with E-state index in [0.29, 0.717) is 26.4 Å². The topological polar surface area (TPSA) is 51.2 Å². The fraction of sp³-hybridized carbons (Fsp3) is 0.500. The van der Waals surface area contributed by atoms with Gasteiger partial charge in [-0.2, -0.15) is 0 Å². The van der Waals surface area contributed by atoms with Crippen LogP contribution in [0.3, 0.4) is 0 Å². The monoisotopic (exact) mass is 278 g/mol. The summed E-state index contributed by atoms with van der Waals surface area (Å²) in [5.74, 6) is 0. The second kappa shape index (κ2) is 8.17. The van der Waals surface area contributed by atoms with E-state index in [-0.39, 0.29) is 12.2 Å². The molecule has 110 valence electrons. The second-order valence-corrected chi connectivity index (χ2v) is 4.83. The number of hydrogen-bond acceptors (Lipinski definition) is 4. The first kappa shape index (κ1) is 15.2. The third kappa shape index (κ3) is 5.06. The summed E-state index contributed by atoms with van der Waals surface area (Å²) in [6, 6.07) is 10.1. The van der Waals surface area contributed by atoms with Crippen molar-refractivity contribution >= 4 is 0 Å². The zero-order valence-electron chi connectivity index (χ0n) is 11.6. The number of aliphatic hydroxyl groups is 1. The summed E-state index contributed by atoms with van der Waals surface area (Å²) in [5.41, 5.74) is 1.17. The van der Waals surface area contributed by atoms with Gasteiger partial charge in [-0.15, -0.1) is 6.58 Å². The Hall–Kier alpha value is -1.20. The molecule has 2 rings (SSSR count). The molecule has 1 aromatic carbocycles. The Kier molecular flexibility index (Phi) is 6.21. The molecule has 1 aliphatic rings. The highest BCUT2D eigenvalue weighted by Gasteiger charge is 2.37. The maximum Gasteiger partial charge on any atom is 0.115 e. The van der Waals surface area contributed by atoms with E-state index < -0.39 is 6.10 Å². The third-order valence-electron chi connectivity index (χ3n) is 3.16. The quantitative estimate of drug-likeness (QED) is 0.403. The molecule has 1 aromatic rings. The van der Waals surface area contributed by atoms with Crippen LogP contribution in [0.4, 0.5) is 0 Å². The van der Waals surface area contributed by atoms with Gasteiger partial charge in [-0.25, -0.2) is 0 Å². The van der Waals surface area contributed by atoms with Gasteiger partial charge in [0.15, 0.2) is 0 Å². The summed E-state index contributed by atoms with van der Waals surface area (Å²) in [7, 11) is 0. The zero-order valence-corrected chi connectivity index (χ0v) is 11.6. The van der Waals surface area contributed by atoms with Gasteiger partial charge in [0.1, 0.15) is 18.3 Å². The summed E-state index contributed by atoms with van der Waals surface area (Å²) >= 11 is 0. The van der Waals surface area contributed by atoms with Crippen LogP contribution < -0.4 is 0 Å². The van der Waals surface area contributed by atoms with E-state index in [0.717, 1.165) is 6.42 Å². The largest absolute Gasteiger partial charge is 0.386 e. The average molecular weight is 278 g/mol. The Morgan fingerprint density at radius 3 is 2.75 bits per heavy atom. The van der Waals surface area contributed by atoms with E-state index in [1.165, 1.54) is 11.6 Å². The standard InChI is InChI=1S/C16H22O4/c1-2-14(17)16(15-12-20-15)19-10-6-9-18-11-13-7-4-3-5-8-13/h2-5,7-8,14-17H,1,6,9-12H2/t14-,15-,16+/m1/s1. The molecule has 0 bridgehead atoms. The lowest BCUT2D eigenvalue weighted by atomic mass is 10.1. The molecule has 1 heterocycles. The van der Waals surface area contributed by atoms with Crippen LogP contribution in [0.5, 0.6) is 0 Å². The Labute approximate surface area is 120 Å². The van der Waals surface area contributed by atoms with Crippen molar-refractivity contribution in [1.82, 2.24) is 0 Å². The first-order valence-electron chi connectivity index (χ1n) is 6.97. The lowest BCUT2D eigenvalue weighted by Gasteiger charge is -2.19. The second-order valence-electron chi connectivity index (χ2n) is 4.83. The fourth-order valence-corrected chi connectivity index (χ4v) is 1.95. The lowest BCUT2D eigenvalue weighted by Crippen LogP contribution is -2.33. The van der Waals surface area contributed by atoms with Crippen LogP contribution >= 0.6 is 0 Å². The normalized spacial score (nSPS) is 20.4. The molecule has 0 amide bonds. The molecular weight excluding hydrogens is 256 g/mol. The van der Waals surface area contributed by atoms with Crippen molar-refractivity contribution in [2.75, 3.05) is 19.8 Å². The summed E-state index contributed by atoms with van der Waals surface area (Å²) in [6.45, 7) is 6.02. The van der Waals surface area contributed by atoms with Crippen LogP contribution in [0.2, 0.25) is 0 Å². The Morgan fingerprint density at radius 2 is 2.10 bits per heavy atom. The zero-order chi connectivity index (χ0) is 14.2. The maximum absolute atomic E-state index is 9.73. The molecule has 1 saturated heterocycles. The number of benzene rings is 1. The minimum absolute atomic E-state index is 0.00763. The van der Waals surface area contributed by atoms with Crippen molar-refractivity contribution < 1.29 is 19.3 Å². The molecule has 0 spiro atoms. The fourth-order valence-electron chi connectivity index (χ4n) is 1.95. The van der Waals surface area contributed by atoms with Crippen LogP contribution in [-0.2, 0) is 20.8 Å². The van der Waals surface area contributed by atoms with Crippen molar-refractivity contribution in [2.45, 2.75) is 31.3 Å². The number of hydrogen-bond donors (Lipinski definition) is 1. The van der Waals surface area contributed by atoms with Crippen molar-refractivity contribution in [3.8, 4) is 0 Å². The van der Waals surface area contributed by atoms with Gasteiger partial charge in [0.2, 0.25) is 0 Å². The van der Waals surface area contributed by atoms with E-state index in [4.69, 9.17) is 14.2 Å². The van der Waals surface area contributed by atoms with Crippen molar-refractivity contribution in [3.05, 3.63) is 48.6 Å². The SMILES string of the molecule is C=C[C@@H](O)[C@H](OCCCOCc1ccccc1)[C@H]1CO1. The van der Waals surface area contributed by atoms with E-state index in [9.17, 15) is 5.11 Å². The molecule has 1 aliphatic heterocycles. The molecule has 20 heavy (non-hydrogen) atoms. The van der Waals surface area contributed by atoms with E-state index in [1.54, 1.807) is 0 Å². The third-order valence-corrected chi connectivity index (χ3v) is 3.16. The molecular formula is C16H22O4. The number of epoxide rings is 1. The Morgan fingerprint density at radius 1 is 1.35 bits per heavy atom. The smallest absolute Gasteiger partial charge is 0.115 e. The van der Waals surface area contributed by atoms with Crippen molar-refractivity contribution in [1.29, 1.82) is 0 Å². The number of rotatable bonds is 10. The van der Waals surface area contributed by atoms with Crippen LogP contribution in [-0.4, -0.2) is 43.2 Å². The highest BCUT2D eigenvalue weighted by Crippen LogP contribution is 2.20. The summed E-state index contributed by atoms with van der Waals surface area (Å²) in [4.78, 5) is 0. The first-order valence-corrected chi connectivity index (χ1v) is 6.97. The van der Waals surface area contributed by atoms with Gasteiger partial charge in [0, 0.05) is 13.2 Å². The first-order chi connectivity index (χ1) is 9.81. The molecule has 0 aliphatic carbocycles. The van der Waals surface area contributed by atoms with Gasteiger partial charge in [-0.1, -0.05) is 36.4 Å². The molecule has 1 N–H and O–H groups in total. The van der Waals surface area contributed by atoms with Crippen LogP contribution in [0.15, 0.2) is 43.0 Å². The molecule has 0 radical (unpaired) electrons. The van der Waals surface area contributed by atoms with E-state index in [1.807, 2.05) is 30.3 Å². The molecule has 4 nitrogen and oxygen atoms in total. The van der Waals surface area contributed by atoms with Crippen LogP contribution in [0.25, 0.3) is 0 Å². The highest BCUT2D eigenvalue weighted by atomic mass is 16.6. The lowest BCUT2D eigenvalue weighted by molar-refractivity contribution is -0.0388. The van der Waals surface area contributed by atoms with Crippen LogP contribution in [0, 0.1) is 0 Å². The van der Waals surface area contributed by atoms with Crippen molar-refractivity contribution in [3.63, 3.8) is 0 Å². The Balaban J connectivity index is 1.55. The molecule has 0 aromatic heterocycles. The molecule has 3 atom stereocenters. The Bertz CT molecular complexity index is 389. The van der Waals surface area contributed by atoms with Gasteiger partial charge < -0.3 is 19.3 Å². The van der Waals surface area contributed by atoms with Crippen LogP contribution in [0.1, 0.15) is 12.0 Å². The van der Waals surface area contributed by atoms with E-state index in [2.05, 4.69) is 6.58 Å². The predicted molar refractivity (Wildman–Crippen MR) is 76.4 cm³/mol. The van der Waals surface area contributed by atoms with Crippen molar-refractivity contribution in [2.24, 2.45) is 0 Å². The van der Waals surface area contributed by atoms with E-state index >= 15 is 0 Å². The van der Waals surface area contributed by atoms with Gasteiger partial charge in [0.25, 0.3) is 0 Å². The number of ether oxygens (including phenoxy) is 3. The highest BCUT2D eigenvalue weighted by molar-refractivity contribution is 5.13. The molecule has 1 fully saturated rings. The number of aliphatic hydroxyl groups excluding tert-OH is 1. The molecule has 0 unspecified atom stereocenters. The van der Waals surface area contributed by atoms with Gasteiger partial charge in [-0.3, -0.25) is 0 Å². The summed E-state index contributed by atoms with van der Waals surface area (Å²) in [6.07, 6.45) is 1.31. The maximum atomic E-state index is 9.73. The predicted octanol–water partition coefficient (Wildman–Crippen LogP) is 1.92. The minimum Gasteiger partial charge on any atom is -0.386 e. The molecule has 0 saturated carbocycles. The van der Waals surface area contributed by atoms with Gasteiger partial charge >= 0.3 is 0 Å². The summed E-state index contributed by atoms with van der Waals surface area (Å²) in [5, 5.41) is 9.73. The van der Waals surface area contributed by atoms with Gasteiger partial charge in [-0.05, 0) is 12.0 Å². The summed E-state index contributed by atoms with van der Waals surface area (Å²) < 4.78 is 16.4. The van der Waals surface area contributed by atoms with Gasteiger partial charge in [0.05, 0.1) is 13.2 Å². The minimum atomic E-state index is -0.673. The average Bonchev–Trinajstić information content (AvgIpc) is 3.31. The molecule has 4 heteroatoms.